The molecule has 0 bridgehead atoms. The summed E-state index contributed by atoms with van der Waals surface area (Å²) in [4.78, 5) is 38.0. The Labute approximate surface area is 249 Å². The molecule has 0 atom stereocenters. The molecule has 43 heavy (non-hydrogen) atoms. The fourth-order valence-corrected chi connectivity index (χ4v) is 6.55. The van der Waals surface area contributed by atoms with Gasteiger partial charge in [-0.25, -0.2) is 4.79 Å². The number of aryl methyl sites for hydroxylation is 1. The summed E-state index contributed by atoms with van der Waals surface area (Å²) in [7, 11) is 3.51. The van der Waals surface area contributed by atoms with Crippen molar-refractivity contribution in [1.82, 2.24) is 9.88 Å². The van der Waals surface area contributed by atoms with Gasteiger partial charge in [0.1, 0.15) is 11.3 Å². The lowest BCUT2D eigenvalue weighted by Crippen LogP contribution is -2.61. The fourth-order valence-electron chi connectivity index (χ4n) is 6.55. The normalized spacial score (nSPS) is 16.3. The first-order chi connectivity index (χ1) is 20.8. The van der Waals surface area contributed by atoms with E-state index >= 15 is 0 Å². The van der Waals surface area contributed by atoms with E-state index < -0.39 is 11.5 Å². The summed E-state index contributed by atoms with van der Waals surface area (Å²) in [5.74, 6) is -0.771. The Morgan fingerprint density at radius 3 is 2.51 bits per heavy atom. The number of carboxylic acids is 1. The largest absolute Gasteiger partial charge is 0.496 e. The lowest BCUT2D eigenvalue weighted by atomic mass is 9.75. The Balaban J connectivity index is 1.25. The van der Waals surface area contributed by atoms with E-state index in [1.807, 2.05) is 31.3 Å². The number of amides is 2. The quantitative estimate of drug-likeness (QED) is 0.194. The number of hydrogen-bond donors (Lipinski definition) is 3. The van der Waals surface area contributed by atoms with Crippen molar-refractivity contribution < 1.29 is 28.6 Å². The van der Waals surface area contributed by atoms with Gasteiger partial charge in [-0.1, -0.05) is 18.9 Å². The average Bonchev–Trinajstić information content (AvgIpc) is 3.75. The molecule has 222 valence electrons. The molecule has 9 nitrogen and oxygen atoms in total. The Bertz CT molecular complexity index is 1720. The van der Waals surface area contributed by atoms with Crippen LogP contribution in [0.15, 0.2) is 65.5 Å². The van der Waals surface area contributed by atoms with Gasteiger partial charge in [0.2, 0.25) is 5.91 Å². The molecule has 2 aliphatic carbocycles. The molecule has 2 heterocycles. The fraction of sp³-hybridized carbons (Fsp3) is 0.324. The van der Waals surface area contributed by atoms with E-state index in [9.17, 15) is 14.4 Å². The second-order valence-electron chi connectivity index (χ2n) is 11.5. The zero-order valence-electron chi connectivity index (χ0n) is 24.3. The lowest BCUT2D eigenvalue weighted by Gasteiger charge is -2.40. The number of carboxylic acid groups (broad SMARTS) is 1. The van der Waals surface area contributed by atoms with Crippen molar-refractivity contribution in [3.8, 4) is 17.0 Å². The van der Waals surface area contributed by atoms with Crippen molar-refractivity contribution in [2.75, 3.05) is 12.4 Å². The molecule has 6 rings (SSSR count). The van der Waals surface area contributed by atoms with Crippen LogP contribution in [0.5, 0.6) is 5.75 Å². The summed E-state index contributed by atoms with van der Waals surface area (Å²) in [5, 5.41) is 16.0. The van der Waals surface area contributed by atoms with Gasteiger partial charge in [-0.3, -0.25) is 9.59 Å². The maximum Gasteiger partial charge on any atom is 0.328 e. The van der Waals surface area contributed by atoms with Crippen molar-refractivity contribution in [3.05, 3.63) is 77.8 Å². The lowest BCUT2D eigenvalue weighted by molar-refractivity contribution is -0.131. The number of nitrogens with one attached hydrogen (secondary N) is 2. The summed E-state index contributed by atoms with van der Waals surface area (Å²) in [6, 6.07) is 12.8. The van der Waals surface area contributed by atoms with Crippen LogP contribution in [0.1, 0.15) is 72.3 Å². The van der Waals surface area contributed by atoms with Gasteiger partial charge in [0.05, 0.1) is 25.3 Å². The van der Waals surface area contributed by atoms with Crippen LogP contribution in [-0.2, 0) is 16.6 Å². The van der Waals surface area contributed by atoms with Crippen LogP contribution in [0.2, 0.25) is 0 Å². The highest BCUT2D eigenvalue weighted by atomic mass is 16.5. The predicted molar refractivity (Wildman–Crippen MR) is 164 cm³/mol. The van der Waals surface area contributed by atoms with E-state index in [0.29, 0.717) is 41.3 Å². The third-order valence-electron chi connectivity index (χ3n) is 8.95. The van der Waals surface area contributed by atoms with Crippen molar-refractivity contribution in [2.45, 2.75) is 56.4 Å². The molecular weight excluding hydrogens is 546 g/mol. The number of furan rings is 1. The maximum absolute atomic E-state index is 13.6. The van der Waals surface area contributed by atoms with Gasteiger partial charge in [0.15, 0.2) is 0 Å². The van der Waals surface area contributed by atoms with Crippen LogP contribution in [0, 0.1) is 0 Å². The number of fused-ring (bicyclic) bond motifs is 1. The van der Waals surface area contributed by atoms with Crippen molar-refractivity contribution in [1.29, 1.82) is 0 Å². The van der Waals surface area contributed by atoms with Gasteiger partial charge in [0, 0.05) is 52.5 Å². The number of methoxy groups -OCH3 is 1. The molecular formula is C34H35N3O6. The molecule has 4 aromatic rings. The van der Waals surface area contributed by atoms with E-state index in [-0.39, 0.29) is 11.8 Å². The van der Waals surface area contributed by atoms with Crippen molar-refractivity contribution >= 4 is 40.4 Å². The Kier molecular flexibility index (Phi) is 7.56. The zero-order chi connectivity index (χ0) is 30.1. The standard InChI is InChI=1S/C34H35N3O6/c1-37-27-18-23(9-12-26(27)30(22-6-3-4-7-22)31(37)24-14-17-43-20-24)32(40)36-34(15-5-16-34)33(41)35-25-11-8-21(10-13-29(38)39)28(19-25)42-2/h8-14,17-20,22H,3-7,15-16H2,1-2H3,(H,35,41)(H,36,40)(H,38,39)/b13-10+. The molecule has 0 radical (unpaired) electrons. The average molecular weight is 582 g/mol. The van der Waals surface area contributed by atoms with Gasteiger partial charge in [-0.2, -0.15) is 0 Å². The summed E-state index contributed by atoms with van der Waals surface area (Å²) in [5.41, 5.74) is 4.98. The molecule has 2 aromatic heterocycles. The van der Waals surface area contributed by atoms with Gasteiger partial charge in [-0.05, 0) is 80.0 Å². The zero-order valence-corrected chi connectivity index (χ0v) is 24.3. The molecule has 0 saturated heterocycles. The molecule has 2 aliphatic rings. The number of aliphatic carboxylic acids is 1. The summed E-state index contributed by atoms with van der Waals surface area (Å²) < 4.78 is 13.0. The molecule has 0 aliphatic heterocycles. The topological polar surface area (TPSA) is 123 Å². The number of aromatic nitrogens is 1. The minimum Gasteiger partial charge on any atom is -0.496 e. The maximum atomic E-state index is 13.6. The van der Waals surface area contributed by atoms with E-state index in [0.717, 1.165) is 47.5 Å². The van der Waals surface area contributed by atoms with E-state index in [2.05, 4.69) is 15.2 Å². The molecule has 0 spiro atoms. The highest BCUT2D eigenvalue weighted by molar-refractivity contribution is 6.06. The van der Waals surface area contributed by atoms with Gasteiger partial charge >= 0.3 is 5.97 Å². The number of nitrogens with zero attached hydrogens (tertiary/aromatic N) is 1. The monoisotopic (exact) mass is 581 g/mol. The third-order valence-corrected chi connectivity index (χ3v) is 8.95. The predicted octanol–water partition coefficient (Wildman–Crippen LogP) is 6.49. The molecule has 2 aromatic carbocycles. The first kappa shape index (κ1) is 28.3. The van der Waals surface area contributed by atoms with E-state index in [1.165, 1.54) is 31.6 Å². The van der Waals surface area contributed by atoms with Crippen molar-refractivity contribution in [2.24, 2.45) is 7.05 Å². The second-order valence-corrected chi connectivity index (χ2v) is 11.5. The highest BCUT2D eigenvalue weighted by Gasteiger charge is 2.45. The summed E-state index contributed by atoms with van der Waals surface area (Å²) >= 11 is 0. The Morgan fingerprint density at radius 2 is 1.86 bits per heavy atom. The van der Waals surface area contributed by atoms with Crippen molar-refractivity contribution in [3.63, 3.8) is 0 Å². The molecule has 2 saturated carbocycles. The Morgan fingerprint density at radius 1 is 1.07 bits per heavy atom. The second kappa shape index (κ2) is 11.5. The first-order valence-electron chi connectivity index (χ1n) is 14.7. The molecule has 2 fully saturated rings. The number of carbonyl (C=O) groups excluding carboxylic acids is 2. The van der Waals surface area contributed by atoms with Gasteiger partial charge in [-0.15, -0.1) is 0 Å². The highest BCUT2D eigenvalue weighted by Crippen LogP contribution is 2.45. The first-order valence-corrected chi connectivity index (χ1v) is 14.7. The number of rotatable bonds is 9. The number of ether oxygens (including phenoxy) is 1. The minimum atomic E-state index is -1.07. The number of anilines is 1. The van der Waals surface area contributed by atoms with E-state index in [1.54, 1.807) is 30.7 Å². The Hall–Kier alpha value is -4.79. The van der Waals surface area contributed by atoms with Gasteiger partial charge < -0.3 is 29.5 Å². The minimum absolute atomic E-state index is 0.294. The van der Waals surface area contributed by atoms with Crippen LogP contribution in [-0.4, -0.2) is 40.1 Å². The van der Waals surface area contributed by atoms with Crippen LogP contribution >= 0.6 is 0 Å². The SMILES string of the molecule is COc1cc(NC(=O)C2(NC(=O)c3ccc4c(C5CCCC5)c(-c5ccoc5)n(C)c4c3)CCC2)ccc1/C=C/C(=O)O. The number of carbonyl (C=O) groups is 3. The molecule has 2 amide bonds. The molecule has 3 N–H and O–H groups in total. The summed E-state index contributed by atoms with van der Waals surface area (Å²) in [6.45, 7) is 0. The van der Waals surface area contributed by atoms with Crippen LogP contribution in [0.4, 0.5) is 5.69 Å². The van der Waals surface area contributed by atoms with Crippen LogP contribution in [0.25, 0.3) is 28.2 Å². The molecule has 9 heteroatoms. The van der Waals surface area contributed by atoms with E-state index in [4.69, 9.17) is 14.3 Å². The number of hydrogen-bond acceptors (Lipinski definition) is 5. The van der Waals surface area contributed by atoms with Gasteiger partial charge in [0.25, 0.3) is 5.91 Å². The number of benzene rings is 2. The third kappa shape index (κ3) is 5.31. The van der Waals surface area contributed by atoms with Crippen LogP contribution in [0.3, 0.4) is 0 Å². The smallest absolute Gasteiger partial charge is 0.328 e. The van der Waals surface area contributed by atoms with Crippen LogP contribution < -0.4 is 15.4 Å². The molecule has 0 unspecified atom stereocenters. The summed E-state index contributed by atoms with van der Waals surface area (Å²) in [6.07, 6.45) is 12.5.